The number of thioether (sulfide) groups is 1. The summed E-state index contributed by atoms with van der Waals surface area (Å²) < 4.78 is 0. The Balaban J connectivity index is 2.24. The predicted molar refractivity (Wildman–Crippen MR) is 138 cm³/mol. The van der Waals surface area contributed by atoms with Crippen molar-refractivity contribution < 1.29 is 9.59 Å². The molecule has 4 N–H and O–H groups in total. The van der Waals surface area contributed by atoms with Crippen LogP contribution in [0.2, 0.25) is 0 Å². The number of nitrogens with zero attached hydrogens (tertiary/aromatic N) is 1. The maximum Gasteiger partial charge on any atom is 0.229 e. The van der Waals surface area contributed by atoms with Gasteiger partial charge in [-0.15, -0.1) is 0 Å². The van der Waals surface area contributed by atoms with Crippen molar-refractivity contribution in [1.29, 1.82) is 0 Å². The molecular weight excluding hydrogens is 438 g/mol. The number of carbonyl (C=O) groups is 2. The van der Waals surface area contributed by atoms with Crippen LogP contribution in [0.3, 0.4) is 0 Å². The van der Waals surface area contributed by atoms with Crippen LogP contribution in [0.5, 0.6) is 0 Å². The fraction of sp³-hybridized carbons (Fsp3) is 0.440. The Labute approximate surface area is 201 Å². The van der Waals surface area contributed by atoms with E-state index in [1.165, 1.54) is 5.56 Å². The van der Waals surface area contributed by atoms with Gasteiger partial charge in [0.15, 0.2) is 5.78 Å². The predicted octanol–water partition coefficient (Wildman–Crippen LogP) is 3.52. The second-order valence-electron chi connectivity index (χ2n) is 8.57. The van der Waals surface area contributed by atoms with Crippen LogP contribution in [0.4, 0.5) is 0 Å². The van der Waals surface area contributed by atoms with Gasteiger partial charge in [-0.2, -0.15) is 24.4 Å². The maximum atomic E-state index is 13.8. The van der Waals surface area contributed by atoms with Gasteiger partial charge in [-0.25, -0.2) is 0 Å². The van der Waals surface area contributed by atoms with E-state index >= 15 is 0 Å². The van der Waals surface area contributed by atoms with Gasteiger partial charge >= 0.3 is 0 Å². The molecule has 0 bridgehead atoms. The molecule has 2 rings (SSSR count). The summed E-state index contributed by atoms with van der Waals surface area (Å²) in [4.78, 5) is 28.6. The highest BCUT2D eigenvalue weighted by atomic mass is 32.2. The van der Waals surface area contributed by atoms with E-state index in [2.05, 4.69) is 24.8 Å². The molecule has 0 aliphatic heterocycles. The molecule has 7 heteroatoms. The molecular formula is C25H35N3O2S2. The lowest BCUT2D eigenvalue weighted by atomic mass is 9.91. The fourth-order valence-corrected chi connectivity index (χ4v) is 4.84. The van der Waals surface area contributed by atoms with E-state index < -0.39 is 17.5 Å². The molecule has 2 atom stereocenters. The molecule has 0 radical (unpaired) electrons. The third-order valence-corrected chi connectivity index (χ3v) is 7.17. The van der Waals surface area contributed by atoms with Crippen LogP contribution in [0.15, 0.2) is 60.7 Å². The molecule has 0 aromatic heterocycles. The average molecular weight is 474 g/mol. The van der Waals surface area contributed by atoms with E-state index in [4.69, 9.17) is 11.5 Å². The molecule has 0 aliphatic carbocycles. The van der Waals surface area contributed by atoms with Gasteiger partial charge in [0.25, 0.3) is 0 Å². The number of carbonyl (C=O) groups excluding carboxylic acids is 2. The molecule has 2 aromatic rings. The lowest BCUT2D eigenvalue weighted by Crippen LogP contribution is -2.54. The Bertz CT molecular complexity index is 847. The molecule has 5 nitrogen and oxygen atoms in total. The molecule has 174 valence electrons. The van der Waals surface area contributed by atoms with E-state index in [-0.39, 0.29) is 24.0 Å². The van der Waals surface area contributed by atoms with Crippen molar-refractivity contribution >= 4 is 36.1 Å². The van der Waals surface area contributed by atoms with Gasteiger partial charge in [0.05, 0.1) is 17.5 Å². The minimum absolute atomic E-state index is 0.0694. The molecule has 0 spiro atoms. The highest BCUT2D eigenvalue weighted by molar-refractivity contribution is 7.98. The van der Waals surface area contributed by atoms with E-state index in [1.54, 1.807) is 16.7 Å². The SMILES string of the molecule is CC(C)(CSCc1ccccc1)C(=O)N(Cc1ccccc1)[C@@H](CCN)C(=O)[C@@H](N)CS. The van der Waals surface area contributed by atoms with E-state index in [0.29, 0.717) is 18.7 Å². The Kier molecular flexibility index (Phi) is 10.8. The van der Waals surface area contributed by atoms with Crippen molar-refractivity contribution in [3.05, 3.63) is 71.8 Å². The number of nitrogens with two attached hydrogens (primary N) is 2. The van der Waals surface area contributed by atoms with Gasteiger partial charge in [-0.3, -0.25) is 9.59 Å². The lowest BCUT2D eigenvalue weighted by molar-refractivity contribution is -0.147. The molecule has 1 amide bonds. The number of hydrogen-bond acceptors (Lipinski definition) is 6. The zero-order valence-corrected chi connectivity index (χ0v) is 20.7. The van der Waals surface area contributed by atoms with Crippen LogP contribution in [0.1, 0.15) is 31.4 Å². The van der Waals surface area contributed by atoms with Crippen molar-refractivity contribution in [1.82, 2.24) is 4.90 Å². The van der Waals surface area contributed by atoms with Crippen molar-refractivity contribution in [2.45, 2.75) is 44.6 Å². The standard InChI is InChI=1S/C25H35N3O2S2/c1-25(2,18-32-17-20-11-7-4-8-12-20)24(30)28(15-19-9-5-3-6-10-19)22(13-14-26)23(29)21(27)16-31/h3-12,21-22,31H,13-18,26-27H2,1-2H3/t21-,22-/m0/s1. The van der Waals surface area contributed by atoms with Gasteiger partial charge in [0.2, 0.25) is 5.91 Å². The zero-order chi connectivity index (χ0) is 23.6. The van der Waals surface area contributed by atoms with Crippen LogP contribution in [0.25, 0.3) is 0 Å². The van der Waals surface area contributed by atoms with Gasteiger partial charge in [-0.1, -0.05) is 74.5 Å². The second-order valence-corrected chi connectivity index (χ2v) is 9.92. The topological polar surface area (TPSA) is 89.4 Å². The summed E-state index contributed by atoms with van der Waals surface area (Å²) in [7, 11) is 0. The first-order valence-electron chi connectivity index (χ1n) is 10.9. The molecule has 0 saturated heterocycles. The minimum Gasteiger partial charge on any atom is -0.330 e. The average Bonchev–Trinajstić information content (AvgIpc) is 2.81. The molecule has 0 heterocycles. The maximum absolute atomic E-state index is 13.8. The smallest absolute Gasteiger partial charge is 0.229 e. The molecule has 32 heavy (non-hydrogen) atoms. The second kappa shape index (κ2) is 13.0. The number of ketones is 1. The van der Waals surface area contributed by atoms with E-state index in [1.807, 2.05) is 62.4 Å². The van der Waals surface area contributed by atoms with Crippen LogP contribution >= 0.6 is 24.4 Å². The molecule has 0 aliphatic rings. The monoisotopic (exact) mass is 473 g/mol. The van der Waals surface area contributed by atoms with Gasteiger partial charge < -0.3 is 16.4 Å². The van der Waals surface area contributed by atoms with Crippen molar-refractivity contribution in [2.24, 2.45) is 16.9 Å². The summed E-state index contributed by atoms with van der Waals surface area (Å²) in [5.74, 6) is 1.42. The first kappa shape index (κ1) is 26.5. The summed E-state index contributed by atoms with van der Waals surface area (Å²) in [6.45, 7) is 4.50. The van der Waals surface area contributed by atoms with Crippen molar-refractivity contribution in [3.8, 4) is 0 Å². The highest BCUT2D eigenvalue weighted by Crippen LogP contribution is 2.29. The number of benzene rings is 2. The third kappa shape index (κ3) is 7.66. The van der Waals surface area contributed by atoms with Crippen LogP contribution in [-0.2, 0) is 21.9 Å². The van der Waals surface area contributed by atoms with Crippen LogP contribution in [0, 0.1) is 5.41 Å². The highest BCUT2D eigenvalue weighted by Gasteiger charge is 2.38. The Morgan fingerprint density at radius 3 is 2.12 bits per heavy atom. The largest absolute Gasteiger partial charge is 0.330 e. The van der Waals surface area contributed by atoms with Gasteiger partial charge in [-0.05, 0) is 24.1 Å². The number of amides is 1. The molecule has 0 fully saturated rings. The Morgan fingerprint density at radius 1 is 1.03 bits per heavy atom. The number of thiol groups is 1. The van der Waals surface area contributed by atoms with Gasteiger partial charge in [0.1, 0.15) is 0 Å². The van der Waals surface area contributed by atoms with Crippen molar-refractivity contribution in [2.75, 3.05) is 18.1 Å². The Morgan fingerprint density at radius 2 is 1.59 bits per heavy atom. The summed E-state index contributed by atoms with van der Waals surface area (Å²) in [6, 6.07) is 18.5. The lowest BCUT2D eigenvalue weighted by Gasteiger charge is -2.37. The van der Waals surface area contributed by atoms with E-state index in [0.717, 1.165) is 11.3 Å². The first-order chi connectivity index (χ1) is 15.3. The molecule has 2 aromatic carbocycles. The summed E-state index contributed by atoms with van der Waals surface area (Å²) >= 11 is 5.91. The van der Waals surface area contributed by atoms with Crippen LogP contribution < -0.4 is 11.5 Å². The zero-order valence-electron chi connectivity index (χ0n) is 18.9. The molecule has 0 saturated carbocycles. The van der Waals surface area contributed by atoms with Gasteiger partial charge in [0, 0.05) is 23.8 Å². The first-order valence-corrected chi connectivity index (χ1v) is 12.7. The number of Topliss-reactive ketones (excluding diaryl/α,β-unsaturated/α-hetero) is 1. The van der Waals surface area contributed by atoms with Crippen molar-refractivity contribution in [3.63, 3.8) is 0 Å². The third-order valence-electron chi connectivity index (χ3n) is 5.32. The molecule has 0 unspecified atom stereocenters. The normalized spacial score (nSPS) is 13.4. The summed E-state index contributed by atoms with van der Waals surface area (Å²) in [5, 5.41) is 0. The summed E-state index contributed by atoms with van der Waals surface area (Å²) in [5.41, 5.74) is 13.4. The minimum atomic E-state index is -0.739. The number of hydrogen-bond donors (Lipinski definition) is 3. The van der Waals surface area contributed by atoms with Crippen LogP contribution in [-0.4, -0.2) is 46.7 Å². The number of rotatable bonds is 13. The summed E-state index contributed by atoms with van der Waals surface area (Å²) in [6.07, 6.45) is 0.367. The van der Waals surface area contributed by atoms with E-state index in [9.17, 15) is 9.59 Å². The Hall–Kier alpha value is -1.80. The fourth-order valence-electron chi connectivity index (χ4n) is 3.50. The quantitative estimate of drug-likeness (QED) is 0.387.